The molecule has 0 aliphatic carbocycles. The SMILES string of the molecule is c1cncc(Sc2cccs2)c1. The minimum absolute atomic E-state index is 1.19. The molecule has 2 heterocycles. The Bertz CT molecular complexity index is 329. The first-order chi connectivity index (χ1) is 5.95. The first kappa shape index (κ1) is 7.83. The number of hydrogen-bond acceptors (Lipinski definition) is 3. The monoisotopic (exact) mass is 193 g/mol. The van der Waals surface area contributed by atoms with Crippen LogP contribution in [0.15, 0.2) is 51.1 Å². The lowest BCUT2D eigenvalue weighted by Crippen LogP contribution is -1.70. The highest BCUT2D eigenvalue weighted by Crippen LogP contribution is 2.30. The molecule has 0 bridgehead atoms. The van der Waals surface area contributed by atoms with Crippen LogP contribution >= 0.6 is 23.1 Å². The molecule has 1 nitrogen and oxygen atoms in total. The Morgan fingerprint density at radius 2 is 2.25 bits per heavy atom. The Labute approximate surface area is 79.5 Å². The van der Waals surface area contributed by atoms with Crippen molar-refractivity contribution in [3.05, 3.63) is 42.0 Å². The van der Waals surface area contributed by atoms with Crippen molar-refractivity contribution in [2.24, 2.45) is 0 Å². The van der Waals surface area contributed by atoms with Crippen LogP contribution in [0.25, 0.3) is 0 Å². The quantitative estimate of drug-likeness (QED) is 0.726. The van der Waals surface area contributed by atoms with Crippen LogP contribution < -0.4 is 0 Å². The smallest absolute Gasteiger partial charge is 0.0646 e. The number of aromatic nitrogens is 1. The highest BCUT2D eigenvalue weighted by Gasteiger charge is 1.95. The molecule has 0 amide bonds. The van der Waals surface area contributed by atoms with E-state index in [-0.39, 0.29) is 0 Å². The number of hydrogen-bond donors (Lipinski definition) is 0. The van der Waals surface area contributed by atoms with E-state index in [0.717, 1.165) is 0 Å². The summed E-state index contributed by atoms with van der Waals surface area (Å²) in [5.74, 6) is 0. The van der Waals surface area contributed by atoms with Gasteiger partial charge < -0.3 is 0 Å². The minimum Gasteiger partial charge on any atom is -0.264 e. The molecule has 2 aromatic rings. The topological polar surface area (TPSA) is 12.9 Å². The van der Waals surface area contributed by atoms with Crippen LogP contribution in [-0.4, -0.2) is 4.98 Å². The van der Waals surface area contributed by atoms with Gasteiger partial charge >= 0.3 is 0 Å². The van der Waals surface area contributed by atoms with Crippen LogP contribution in [0.5, 0.6) is 0 Å². The van der Waals surface area contributed by atoms with Gasteiger partial charge in [0.25, 0.3) is 0 Å². The second kappa shape index (κ2) is 3.74. The van der Waals surface area contributed by atoms with E-state index in [9.17, 15) is 0 Å². The Morgan fingerprint density at radius 1 is 1.25 bits per heavy atom. The van der Waals surface area contributed by atoms with Gasteiger partial charge in [-0.05, 0) is 23.6 Å². The normalized spacial score (nSPS) is 10.0. The van der Waals surface area contributed by atoms with Gasteiger partial charge in [0.1, 0.15) is 0 Å². The Hall–Kier alpha value is -0.800. The number of pyridine rings is 1. The molecule has 0 unspecified atom stereocenters. The fraction of sp³-hybridized carbons (Fsp3) is 0. The summed E-state index contributed by atoms with van der Waals surface area (Å²) >= 11 is 3.50. The molecule has 0 radical (unpaired) electrons. The molecule has 2 aromatic heterocycles. The molecule has 0 aliphatic heterocycles. The molecule has 0 saturated carbocycles. The van der Waals surface area contributed by atoms with E-state index < -0.39 is 0 Å². The van der Waals surface area contributed by atoms with Crippen LogP contribution in [0.2, 0.25) is 0 Å². The molecule has 2 rings (SSSR count). The summed E-state index contributed by atoms with van der Waals surface area (Å²) in [6.45, 7) is 0. The molecule has 3 heteroatoms. The minimum atomic E-state index is 1.19. The molecule has 0 saturated heterocycles. The van der Waals surface area contributed by atoms with Crippen molar-refractivity contribution < 1.29 is 0 Å². The molecule has 0 spiro atoms. The largest absolute Gasteiger partial charge is 0.264 e. The Kier molecular flexibility index (Phi) is 2.44. The maximum absolute atomic E-state index is 4.05. The predicted molar refractivity (Wildman–Crippen MR) is 52.7 cm³/mol. The summed E-state index contributed by atoms with van der Waals surface area (Å²) in [6.07, 6.45) is 3.67. The van der Waals surface area contributed by atoms with E-state index in [1.807, 2.05) is 12.3 Å². The van der Waals surface area contributed by atoms with Crippen molar-refractivity contribution in [1.29, 1.82) is 0 Å². The van der Waals surface area contributed by atoms with Gasteiger partial charge in [0.2, 0.25) is 0 Å². The van der Waals surface area contributed by atoms with Crippen molar-refractivity contribution in [2.75, 3.05) is 0 Å². The lowest BCUT2D eigenvalue weighted by Gasteiger charge is -1.94. The zero-order chi connectivity index (χ0) is 8.23. The van der Waals surface area contributed by atoms with Crippen molar-refractivity contribution in [3.63, 3.8) is 0 Å². The molecule has 0 aromatic carbocycles. The second-order valence-corrected chi connectivity index (χ2v) is 4.54. The first-order valence-electron chi connectivity index (χ1n) is 3.56. The standard InChI is InChI=1S/C9H7NS2/c1-3-8(7-10-5-1)12-9-4-2-6-11-9/h1-7H. The molecule has 0 fully saturated rings. The number of thiophene rings is 1. The van der Waals surface area contributed by atoms with Gasteiger partial charge in [-0.15, -0.1) is 11.3 Å². The molecule has 0 atom stereocenters. The molecule has 12 heavy (non-hydrogen) atoms. The molecule has 60 valence electrons. The van der Waals surface area contributed by atoms with Gasteiger partial charge in [0, 0.05) is 17.3 Å². The zero-order valence-corrected chi connectivity index (χ0v) is 7.94. The van der Waals surface area contributed by atoms with Gasteiger partial charge in [-0.2, -0.15) is 0 Å². The number of rotatable bonds is 2. The van der Waals surface area contributed by atoms with Crippen LogP contribution in [0, 0.1) is 0 Å². The van der Waals surface area contributed by atoms with Crippen LogP contribution in [0.1, 0.15) is 0 Å². The van der Waals surface area contributed by atoms with Crippen LogP contribution in [-0.2, 0) is 0 Å². The Morgan fingerprint density at radius 3 is 2.92 bits per heavy atom. The highest BCUT2D eigenvalue weighted by atomic mass is 32.2. The van der Waals surface area contributed by atoms with Crippen LogP contribution in [0.4, 0.5) is 0 Å². The lowest BCUT2D eigenvalue weighted by molar-refractivity contribution is 1.24. The predicted octanol–water partition coefficient (Wildman–Crippen LogP) is 3.29. The summed E-state index contributed by atoms with van der Waals surface area (Å²) in [4.78, 5) is 5.24. The summed E-state index contributed by atoms with van der Waals surface area (Å²) in [5, 5.41) is 2.08. The van der Waals surface area contributed by atoms with E-state index in [1.54, 1.807) is 29.3 Å². The van der Waals surface area contributed by atoms with E-state index in [1.165, 1.54) is 9.10 Å². The maximum Gasteiger partial charge on any atom is 0.0646 e. The van der Waals surface area contributed by atoms with Gasteiger partial charge in [-0.3, -0.25) is 4.98 Å². The average Bonchev–Trinajstić information content (AvgIpc) is 2.59. The molecular formula is C9H7NS2. The van der Waals surface area contributed by atoms with Crippen molar-refractivity contribution >= 4 is 23.1 Å². The number of nitrogens with zero attached hydrogens (tertiary/aromatic N) is 1. The summed E-state index contributed by atoms with van der Waals surface area (Å²) in [7, 11) is 0. The third-order valence-corrected chi connectivity index (χ3v) is 3.36. The maximum atomic E-state index is 4.05. The van der Waals surface area contributed by atoms with Gasteiger partial charge in [0.05, 0.1) is 4.21 Å². The summed E-state index contributed by atoms with van der Waals surface area (Å²) < 4.78 is 1.31. The molecule has 0 aliphatic rings. The van der Waals surface area contributed by atoms with Gasteiger partial charge in [-0.1, -0.05) is 17.8 Å². The van der Waals surface area contributed by atoms with E-state index in [0.29, 0.717) is 0 Å². The zero-order valence-electron chi connectivity index (χ0n) is 6.31. The van der Waals surface area contributed by atoms with E-state index in [2.05, 4.69) is 28.6 Å². The summed E-state index contributed by atoms with van der Waals surface area (Å²) in [5.41, 5.74) is 0. The van der Waals surface area contributed by atoms with Gasteiger partial charge in [0.15, 0.2) is 0 Å². The fourth-order valence-electron chi connectivity index (χ4n) is 0.845. The fourth-order valence-corrected chi connectivity index (χ4v) is 2.58. The second-order valence-electron chi connectivity index (χ2n) is 2.22. The molecule has 0 N–H and O–H groups in total. The van der Waals surface area contributed by atoms with E-state index in [4.69, 9.17) is 0 Å². The highest BCUT2D eigenvalue weighted by molar-refractivity contribution is 8.01. The van der Waals surface area contributed by atoms with E-state index >= 15 is 0 Å². The lowest BCUT2D eigenvalue weighted by atomic mass is 10.5. The third kappa shape index (κ3) is 1.87. The van der Waals surface area contributed by atoms with Crippen molar-refractivity contribution in [2.45, 2.75) is 9.10 Å². The summed E-state index contributed by atoms with van der Waals surface area (Å²) in [6, 6.07) is 8.19. The van der Waals surface area contributed by atoms with Crippen LogP contribution in [0.3, 0.4) is 0 Å². The average molecular weight is 193 g/mol. The first-order valence-corrected chi connectivity index (χ1v) is 5.26. The van der Waals surface area contributed by atoms with Gasteiger partial charge in [-0.25, -0.2) is 0 Å². The third-order valence-electron chi connectivity index (χ3n) is 1.35. The molecular weight excluding hydrogens is 186 g/mol. The van der Waals surface area contributed by atoms with Crippen molar-refractivity contribution in [3.8, 4) is 0 Å². The van der Waals surface area contributed by atoms with Crippen molar-refractivity contribution in [1.82, 2.24) is 4.98 Å². The Balaban J connectivity index is 2.15.